The second-order valence-electron chi connectivity index (χ2n) is 8.96. The Balaban J connectivity index is 1.56. The lowest BCUT2D eigenvalue weighted by Crippen LogP contribution is -2.49. The van der Waals surface area contributed by atoms with E-state index in [1.54, 1.807) is 0 Å². The molecule has 1 aromatic carbocycles. The molecule has 2 unspecified atom stereocenters. The molecule has 10 heteroatoms. The van der Waals surface area contributed by atoms with Crippen molar-refractivity contribution in [3.05, 3.63) is 46.0 Å². The maximum Gasteiger partial charge on any atom is 0.253 e. The van der Waals surface area contributed by atoms with Gasteiger partial charge in [-0.2, -0.15) is 0 Å². The van der Waals surface area contributed by atoms with Crippen LogP contribution in [0.5, 0.6) is 5.75 Å². The molecule has 2 aromatic heterocycles. The normalized spacial score (nSPS) is 20.7. The van der Waals surface area contributed by atoms with Crippen LogP contribution in [0.1, 0.15) is 44.1 Å². The van der Waals surface area contributed by atoms with Crippen LogP contribution in [0.4, 0.5) is 0 Å². The van der Waals surface area contributed by atoms with Crippen LogP contribution in [-0.4, -0.2) is 87.0 Å². The number of nitrogens with zero attached hydrogens (tertiary/aromatic N) is 6. The summed E-state index contributed by atoms with van der Waals surface area (Å²) in [6, 6.07) is 7.37. The van der Waals surface area contributed by atoms with Gasteiger partial charge in [-0.3, -0.25) is 9.69 Å². The number of hydrogen-bond donors (Lipinski definition) is 1. The van der Waals surface area contributed by atoms with Crippen molar-refractivity contribution in [3.63, 3.8) is 0 Å². The highest BCUT2D eigenvalue weighted by atomic mass is 16.5. The average Bonchev–Trinajstić information content (AvgIpc) is 3.53. The molecule has 2 aliphatic rings. The Morgan fingerprint density at radius 2 is 2.06 bits per heavy atom. The van der Waals surface area contributed by atoms with E-state index in [9.17, 15) is 4.79 Å². The molecule has 2 saturated heterocycles. The van der Waals surface area contributed by atoms with Crippen LogP contribution in [-0.2, 0) is 11.3 Å². The molecular formula is C24H33N7O3. The van der Waals surface area contributed by atoms with E-state index >= 15 is 0 Å². The standard InChI is InChI=1S/C24H33N7O3/c1-3-29-9-11-30(12-10-29)22(23-26-27-28-31(23)16-19-6-5-13-34-19)20-15-17-14-18(33-4-2)7-8-21(17)25-24(20)32/h7-8,14-15,19,22H,3-6,9-13,16H2,1-2H3,(H,25,32). The number of hydrogen-bond acceptors (Lipinski definition) is 8. The number of tetrazole rings is 1. The number of aromatic nitrogens is 5. The Morgan fingerprint density at radius 3 is 2.79 bits per heavy atom. The summed E-state index contributed by atoms with van der Waals surface area (Å²) < 4.78 is 13.4. The molecule has 34 heavy (non-hydrogen) atoms. The van der Waals surface area contributed by atoms with Crippen LogP contribution in [0.2, 0.25) is 0 Å². The van der Waals surface area contributed by atoms with E-state index < -0.39 is 0 Å². The lowest BCUT2D eigenvalue weighted by atomic mass is 10.0. The Morgan fingerprint density at radius 1 is 1.21 bits per heavy atom. The molecule has 0 spiro atoms. The summed E-state index contributed by atoms with van der Waals surface area (Å²) in [6.07, 6.45) is 2.15. The predicted octanol–water partition coefficient (Wildman–Crippen LogP) is 1.82. The third kappa shape index (κ3) is 4.70. The van der Waals surface area contributed by atoms with Gasteiger partial charge in [0, 0.05) is 49.3 Å². The zero-order valence-electron chi connectivity index (χ0n) is 19.9. The SMILES string of the molecule is CCOc1ccc2[nH]c(=O)c(C(c3nnnn3CC3CCCO3)N3CCN(CC)CC3)cc2c1. The number of H-pyrrole nitrogens is 1. The first kappa shape index (κ1) is 22.9. The molecule has 10 nitrogen and oxygen atoms in total. The highest BCUT2D eigenvalue weighted by Gasteiger charge is 2.33. The monoisotopic (exact) mass is 467 g/mol. The minimum atomic E-state index is -0.348. The number of fused-ring (bicyclic) bond motifs is 1. The summed E-state index contributed by atoms with van der Waals surface area (Å²) in [5.74, 6) is 1.47. The van der Waals surface area contributed by atoms with Gasteiger partial charge in [-0.15, -0.1) is 5.10 Å². The van der Waals surface area contributed by atoms with Gasteiger partial charge in [-0.05, 0) is 61.0 Å². The fourth-order valence-electron chi connectivity index (χ4n) is 5.02. The fourth-order valence-corrected chi connectivity index (χ4v) is 5.02. The third-order valence-electron chi connectivity index (χ3n) is 6.87. The van der Waals surface area contributed by atoms with Crippen molar-refractivity contribution in [2.24, 2.45) is 0 Å². The van der Waals surface area contributed by atoms with Gasteiger partial charge in [-0.1, -0.05) is 6.92 Å². The molecule has 5 rings (SSSR count). The third-order valence-corrected chi connectivity index (χ3v) is 6.87. The van der Waals surface area contributed by atoms with Crippen LogP contribution in [0.15, 0.2) is 29.1 Å². The number of ether oxygens (including phenoxy) is 2. The van der Waals surface area contributed by atoms with E-state index in [0.717, 1.165) is 68.8 Å². The molecule has 0 bridgehead atoms. The summed E-state index contributed by atoms with van der Waals surface area (Å²) in [5, 5.41) is 13.7. The van der Waals surface area contributed by atoms with Crippen molar-refractivity contribution in [2.75, 3.05) is 45.9 Å². The van der Waals surface area contributed by atoms with Crippen LogP contribution >= 0.6 is 0 Å². The Hall–Kier alpha value is -2.82. The molecule has 0 aliphatic carbocycles. The summed E-state index contributed by atoms with van der Waals surface area (Å²) in [7, 11) is 0. The van der Waals surface area contributed by atoms with Crippen LogP contribution in [0, 0.1) is 0 Å². The zero-order valence-corrected chi connectivity index (χ0v) is 19.9. The Bertz CT molecular complexity index is 1160. The highest BCUT2D eigenvalue weighted by molar-refractivity contribution is 5.80. The number of aromatic amines is 1. The van der Waals surface area contributed by atoms with Gasteiger partial charge in [0.2, 0.25) is 0 Å². The van der Waals surface area contributed by atoms with Gasteiger partial charge in [0.05, 0.1) is 19.3 Å². The first-order valence-electron chi connectivity index (χ1n) is 12.3. The fraction of sp³-hybridized carbons (Fsp3) is 0.583. The van der Waals surface area contributed by atoms with Gasteiger partial charge in [0.15, 0.2) is 5.82 Å². The average molecular weight is 468 g/mol. The molecule has 3 aromatic rings. The molecule has 1 N–H and O–H groups in total. The number of benzene rings is 1. The molecule has 2 atom stereocenters. The molecule has 182 valence electrons. The van der Waals surface area contributed by atoms with Gasteiger partial charge in [0.25, 0.3) is 5.56 Å². The van der Waals surface area contributed by atoms with E-state index in [1.165, 1.54) is 0 Å². The number of nitrogens with one attached hydrogen (secondary N) is 1. The number of rotatable bonds is 8. The van der Waals surface area contributed by atoms with E-state index in [-0.39, 0.29) is 17.7 Å². The van der Waals surface area contributed by atoms with Crippen molar-refractivity contribution in [2.45, 2.75) is 45.4 Å². The quantitative estimate of drug-likeness (QED) is 0.535. The van der Waals surface area contributed by atoms with E-state index in [0.29, 0.717) is 24.5 Å². The molecule has 4 heterocycles. The van der Waals surface area contributed by atoms with Gasteiger partial charge in [0.1, 0.15) is 11.8 Å². The minimum absolute atomic E-state index is 0.100. The molecule has 0 saturated carbocycles. The summed E-state index contributed by atoms with van der Waals surface area (Å²) in [6.45, 7) is 10.7. The van der Waals surface area contributed by atoms with Crippen LogP contribution in [0.3, 0.4) is 0 Å². The van der Waals surface area contributed by atoms with Crippen molar-refractivity contribution in [1.82, 2.24) is 35.0 Å². The van der Waals surface area contributed by atoms with E-state index in [1.807, 2.05) is 35.9 Å². The van der Waals surface area contributed by atoms with E-state index in [2.05, 4.69) is 37.2 Å². The molecule has 2 aliphatic heterocycles. The summed E-state index contributed by atoms with van der Waals surface area (Å²) in [5.41, 5.74) is 1.31. The minimum Gasteiger partial charge on any atom is -0.494 e. The molecule has 0 radical (unpaired) electrons. The largest absolute Gasteiger partial charge is 0.494 e. The van der Waals surface area contributed by atoms with Crippen molar-refractivity contribution in [1.29, 1.82) is 0 Å². The lowest BCUT2D eigenvalue weighted by Gasteiger charge is -2.38. The Labute approximate surface area is 198 Å². The lowest BCUT2D eigenvalue weighted by molar-refractivity contribution is 0.0860. The maximum atomic E-state index is 13.4. The first-order chi connectivity index (χ1) is 16.7. The summed E-state index contributed by atoms with van der Waals surface area (Å²) in [4.78, 5) is 21.2. The number of piperazine rings is 1. The second-order valence-corrected chi connectivity index (χ2v) is 8.96. The van der Waals surface area contributed by atoms with Gasteiger partial charge in [-0.25, -0.2) is 4.68 Å². The van der Waals surface area contributed by atoms with Gasteiger partial charge >= 0.3 is 0 Å². The van der Waals surface area contributed by atoms with Gasteiger partial charge < -0.3 is 19.4 Å². The maximum absolute atomic E-state index is 13.4. The molecule has 0 amide bonds. The highest BCUT2D eigenvalue weighted by Crippen LogP contribution is 2.29. The Kier molecular flexibility index (Phi) is 6.89. The zero-order chi connectivity index (χ0) is 23.5. The first-order valence-corrected chi connectivity index (χ1v) is 12.3. The number of pyridine rings is 1. The van der Waals surface area contributed by atoms with Crippen LogP contribution in [0.25, 0.3) is 10.9 Å². The summed E-state index contributed by atoms with van der Waals surface area (Å²) >= 11 is 0. The smallest absolute Gasteiger partial charge is 0.253 e. The van der Waals surface area contributed by atoms with E-state index in [4.69, 9.17) is 9.47 Å². The number of likely N-dealkylation sites (N-methyl/N-ethyl adjacent to an activating group) is 1. The second kappa shape index (κ2) is 10.2. The molecular weight excluding hydrogens is 434 g/mol. The van der Waals surface area contributed by atoms with Crippen LogP contribution < -0.4 is 10.3 Å². The topological polar surface area (TPSA) is 101 Å². The van der Waals surface area contributed by atoms with Crippen molar-refractivity contribution >= 4 is 10.9 Å². The molecule has 2 fully saturated rings. The predicted molar refractivity (Wildman–Crippen MR) is 128 cm³/mol. The van der Waals surface area contributed by atoms with Crippen molar-refractivity contribution in [3.8, 4) is 5.75 Å². The van der Waals surface area contributed by atoms with Crippen molar-refractivity contribution < 1.29 is 9.47 Å².